The van der Waals surface area contributed by atoms with E-state index >= 15 is 0 Å². The largest absolute Gasteiger partial charge is 0.474 e. The summed E-state index contributed by atoms with van der Waals surface area (Å²) < 4.78 is 11.2. The molecule has 3 rings (SSSR count). The molecule has 0 aromatic carbocycles. The molecule has 1 aromatic heterocycles. The van der Waals surface area contributed by atoms with Gasteiger partial charge in [0.25, 0.3) is 0 Å². The van der Waals surface area contributed by atoms with Crippen molar-refractivity contribution in [2.75, 3.05) is 13.2 Å². The van der Waals surface area contributed by atoms with Crippen molar-refractivity contribution >= 4 is 36.6 Å². The van der Waals surface area contributed by atoms with Crippen molar-refractivity contribution in [1.29, 1.82) is 0 Å². The van der Waals surface area contributed by atoms with Crippen molar-refractivity contribution in [2.24, 2.45) is 9.98 Å². The van der Waals surface area contributed by atoms with Crippen LogP contribution in [0.15, 0.2) is 28.2 Å². The van der Waals surface area contributed by atoms with Gasteiger partial charge in [-0.15, -0.1) is 24.8 Å². The molecule has 0 aliphatic carbocycles. The summed E-state index contributed by atoms with van der Waals surface area (Å²) in [5, 5.41) is 0. The molecule has 3 heterocycles. The first-order chi connectivity index (χ1) is 9.80. The summed E-state index contributed by atoms with van der Waals surface area (Å²) in [6.45, 7) is 5.51. The fourth-order valence-electron chi connectivity index (χ4n) is 2.20. The first kappa shape index (κ1) is 18.7. The Balaban J connectivity index is 0.00000121. The zero-order valence-electron chi connectivity index (χ0n) is 12.7. The van der Waals surface area contributed by atoms with Crippen molar-refractivity contribution in [3.63, 3.8) is 0 Å². The quantitative estimate of drug-likeness (QED) is 0.842. The lowest BCUT2D eigenvalue weighted by molar-refractivity contribution is 0.313. The van der Waals surface area contributed by atoms with Crippen LogP contribution in [0.3, 0.4) is 0 Å². The van der Waals surface area contributed by atoms with Crippen LogP contribution in [0, 0.1) is 0 Å². The van der Waals surface area contributed by atoms with Crippen molar-refractivity contribution < 1.29 is 9.47 Å². The predicted octanol–water partition coefficient (Wildman–Crippen LogP) is 3.04. The molecular formula is C15H21Cl2N3O2. The Bertz CT molecular complexity index is 518. The van der Waals surface area contributed by atoms with Crippen LogP contribution in [-0.2, 0) is 9.47 Å². The molecule has 0 saturated carbocycles. The van der Waals surface area contributed by atoms with Gasteiger partial charge < -0.3 is 9.47 Å². The van der Waals surface area contributed by atoms with Crippen molar-refractivity contribution in [1.82, 2.24) is 4.98 Å². The van der Waals surface area contributed by atoms with Gasteiger partial charge in [0.15, 0.2) is 0 Å². The van der Waals surface area contributed by atoms with E-state index in [-0.39, 0.29) is 36.9 Å². The summed E-state index contributed by atoms with van der Waals surface area (Å²) in [6, 6.07) is 6.26. The van der Waals surface area contributed by atoms with E-state index in [0.717, 1.165) is 24.2 Å². The van der Waals surface area contributed by atoms with E-state index in [0.29, 0.717) is 25.0 Å². The van der Waals surface area contributed by atoms with Gasteiger partial charge in [-0.05, 0) is 25.0 Å². The summed E-state index contributed by atoms with van der Waals surface area (Å²) in [7, 11) is 0. The van der Waals surface area contributed by atoms with E-state index in [1.807, 2.05) is 18.2 Å². The second-order valence-electron chi connectivity index (χ2n) is 5.02. The van der Waals surface area contributed by atoms with Crippen LogP contribution in [0.2, 0.25) is 0 Å². The molecule has 7 heteroatoms. The highest BCUT2D eigenvalue weighted by Crippen LogP contribution is 2.16. The third-order valence-electron chi connectivity index (χ3n) is 3.55. The molecule has 0 amide bonds. The molecule has 2 aliphatic rings. The second kappa shape index (κ2) is 8.34. The minimum atomic E-state index is 0. The molecule has 122 valence electrons. The molecule has 0 bridgehead atoms. The molecule has 0 saturated heterocycles. The lowest BCUT2D eigenvalue weighted by Gasteiger charge is -2.04. The maximum Gasteiger partial charge on any atom is 0.235 e. The Morgan fingerprint density at radius 1 is 0.909 bits per heavy atom. The summed E-state index contributed by atoms with van der Waals surface area (Å²) >= 11 is 0. The van der Waals surface area contributed by atoms with Crippen molar-refractivity contribution in [2.45, 2.75) is 38.8 Å². The minimum absolute atomic E-state index is 0. The summed E-state index contributed by atoms with van der Waals surface area (Å²) in [6.07, 6.45) is 1.97. The SMILES string of the molecule is CC[C@@H]1COC(c2cccc(C3=N[C@H](CC)CO3)n2)=N1.Cl.Cl. The van der Waals surface area contributed by atoms with Crippen LogP contribution in [0.5, 0.6) is 0 Å². The Morgan fingerprint density at radius 2 is 1.36 bits per heavy atom. The van der Waals surface area contributed by atoms with Crippen LogP contribution in [0.1, 0.15) is 38.1 Å². The number of halogens is 2. The Morgan fingerprint density at radius 3 is 1.73 bits per heavy atom. The highest BCUT2D eigenvalue weighted by molar-refractivity contribution is 5.97. The average Bonchev–Trinajstić information content (AvgIpc) is 3.16. The number of pyridine rings is 1. The first-order valence-electron chi connectivity index (χ1n) is 7.19. The van der Waals surface area contributed by atoms with Gasteiger partial charge in [0.2, 0.25) is 11.8 Å². The zero-order chi connectivity index (χ0) is 13.9. The molecule has 0 spiro atoms. The molecule has 22 heavy (non-hydrogen) atoms. The van der Waals surface area contributed by atoms with Gasteiger partial charge in [-0.2, -0.15) is 0 Å². The lowest BCUT2D eigenvalue weighted by atomic mass is 10.2. The van der Waals surface area contributed by atoms with E-state index in [4.69, 9.17) is 9.47 Å². The van der Waals surface area contributed by atoms with Gasteiger partial charge >= 0.3 is 0 Å². The van der Waals surface area contributed by atoms with Crippen LogP contribution < -0.4 is 0 Å². The fraction of sp³-hybridized carbons (Fsp3) is 0.533. The fourth-order valence-corrected chi connectivity index (χ4v) is 2.20. The highest BCUT2D eigenvalue weighted by Gasteiger charge is 2.22. The normalized spacial score (nSPS) is 22.6. The van der Waals surface area contributed by atoms with E-state index in [1.165, 1.54) is 0 Å². The summed E-state index contributed by atoms with van der Waals surface area (Å²) in [5.74, 6) is 1.26. The predicted molar refractivity (Wildman–Crippen MR) is 91.9 cm³/mol. The number of hydrogen-bond acceptors (Lipinski definition) is 5. The molecule has 0 N–H and O–H groups in total. The molecule has 0 unspecified atom stereocenters. The third kappa shape index (κ3) is 3.90. The number of aliphatic imine (C=N–C) groups is 2. The molecular weight excluding hydrogens is 325 g/mol. The number of nitrogens with zero attached hydrogens (tertiary/aromatic N) is 3. The summed E-state index contributed by atoms with van der Waals surface area (Å²) in [5.41, 5.74) is 1.51. The van der Waals surface area contributed by atoms with Gasteiger partial charge in [-0.1, -0.05) is 19.9 Å². The second-order valence-corrected chi connectivity index (χ2v) is 5.02. The van der Waals surface area contributed by atoms with Crippen molar-refractivity contribution in [3.8, 4) is 0 Å². The van der Waals surface area contributed by atoms with Crippen molar-refractivity contribution in [3.05, 3.63) is 29.6 Å². The molecule has 2 atom stereocenters. The monoisotopic (exact) mass is 345 g/mol. The Hall–Kier alpha value is -1.33. The van der Waals surface area contributed by atoms with E-state index in [9.17, 15) is 0 Å². The van der Waals surface area contributed by atoms with Gasteiger partial charge in [-0.3, -0.25) is 0 Å². The Labute approximate surface area is 143 Å². The average molecular weight is 346 g/mol. The molecule has 1 aromatic rings. The van der Waals surface area contributed by atoms with E-state index < -0.39 is 0 Å². The zero-order valence-corrected chi connectivity index (χ0v) is 14.3. The lowest BCUT2D eigenvalue weighted by Crippen LogP contribution is -2.10. The molecule has 0 radical (unpaired) electrons. The number of aromatic nitrogens is 1. The highest BCUT2D eigenvalue weighted by atomic mass is 35.5. The number of rotatable bonds is 4. The minimum Gasteiger partial charge on any atom is -0.474 e. The molecule has 5 nitrogen and oxygen atoms in total. The maximum absolute atomic E-state index is 5.61. The third-order valence-corrected chi connectivity index (χ3v) is 3.55. The summed E-state index contributed by atoms with van der Waals surface area (Å²) in [4.78, 5) is 13.6. The van der Waals surface area contributed by atoms with Gasteiger partial charge in [0, 0.05) is 0 Å². The smallest absolute Gasteiger partial charge is 0.235 e. The van der Waals surface area contributed by atoms with Crippen LogP contribution in [-0.4, -0.2) is 42.1 Å². The first-order valence-corrected chi connectivity index (χ1v) is 7.19. The maximum atomic E-state index is 5.61. The van der Waals surface area contributed by atoms with Gasteiger partial charge in [-0.25, -0.2) is 15.0 Å². The van der Waals surface area contributed by atoms with Crippen LogP contribution >= 0.6 is 24.8 Å². The van der Waals surface area contributed by atoms with Crippen LogP contribution in [0.4, 0.5) is 0 Å². The Kier molecular flexibility index (Phi) is 7.10. The number of hydrogen-bond donors (Lipinski definition) is 0. The topological polar surface area (TPSA) is 56.1 Å². The van der Waals surface area contributed by atoms with Crippen LogP contribution in [0.25, 0.3) is 0 Å². The van der Waals surface area contributed by atoms with E-state index in [1.54, 1.807) is 0 Å². The van der Waals surface area contributed by atoms with E-state index in [2.05, 4.69) is 28.8 Å². The molecule has 0 fully saturated rings. The number of ether oxygens (including phenoxy) is 2. The standard InChI is InChI=1S/C15H19N3O2.2ClH/c1-3-10-8-19-14(16-10)12-6-5-7-13(18-12)15-17-11(4-2)9-20-15;;/h5-7,10-11H,3-4,8-9H2,1-2H3;2*1H/t10-,11-;;/m1../s1. The van der Waals surface area contributed by atoms with Gasteiger partial charge in [0.1, 0.15) is 24.6 Å². The molecule has 2 aliphatic heterocycles. The van der Waals surface area contributed by atoms with Gasteiger partial charge in [0.05, 0.1) is 12.1 Å².